The summed E-state index contributed by atoms with van der Waals surface area (Å²) in [6, 6.07) is 2.51. The third kappa shape index (κ3) is 3.13. The molecular weight excluding hydrogens is 403 g/mol. The van der Waals surface area contributed by atoms with Crippen LogP contribution in [0.3, 0.4) is 0 Å². The number of H-pyrrole nitrogens is 1. The summed E-state index contributed by atoms with van der Waals surface area (Å²) in [6.07, 6.45) is -3.09. The lowest BCUT2D eigenvalue weighted by Crippen LogP contribution is -2.22. The predicted octanol–water partition coefficient (Wildman–Crippen LogP) is 3.59. The van der Waals surface area contributed by atoms with Crippen LogP contribution in [0.15, 0.2) is 22.8 Å². The highest BCUT2D eigenvalue weighted by Crippen LogP contribution is 2.33. The minimum Gasteiger partial charge on any atom is -0.351 e. The molecule has 0 unspecified atom stereocenters. The molecule has 0 radical (unpaired) electrons. The molecule has 3 rings (SSSR count). The number of amides is 1. The zero-order chi connectivity index (χ0) is 18.4. The molecule has 0 fully saturated rings. The molecule has 1 amide bonds. The number of hydrogen-bond acceptors (Lipinski definition) is 3. The summed E-state index contributed by atoms with van der Waals surface area (Å²) >= 11 is 3.31. The fourth-order valence-electron chi connectivity index (χ4n) is 2.47. The van der Waals surface area contributed by atoms with Crippen molar-refractivity contribution >= 4 is 32.9 Å². The number of aromatic amines is 1. The van der Waals surface area contributed by atoms with E-state index in [4.69, 9.17) is 0 Å². The van der Waals surface area contributed by atoms with Crippen LogP contribution in [0.1, 0.15) is 28.8 Å². The molecule has 0 aliphatic carbocycles. The number of hydrogen-bond donors (Lipinski definition) is 2. The highest BCUT2D eigenvalue weighted by atomic mass is 79.9. The maximum atomic E-state index is 12.9. The number of halogens is 4. The van der Waals surface area contributed by atoms with Gasteiger partial charge in [0.2, 0.25) is 0 Å². The molecule has 0 bridgehead atoms. The van der Waals surface area contributed by atoms with Crippen molar-refractivity contribution < 1.29 is 18.0 Å². The monoisotopic (exact) mass is 415 g/mol. The third-order valence-corrected chi connectivity index (χ3v) is 4.14. The van der Waals surface area contributed by atoms with Crippen molar-refractivity contribution in [2.45, 2.75) is 20.0 Å². The molecule has 0 saturated carbocycles. The minimum absolute atomic E-state index is 0.268. The number of alkyl halides is 3. The quantitative estimate of drug-likeness (QED) is 0.686. The van der Waals surface area contributed by atoms with E-state index in [-0.39, 0.29) is 11.6 Å². The zero-order valence-electron chi connectivity index (χ0n) is 13.2. The molecule has 0 saturated heterocycles. The van der Waals surface area contributed by atoms with E-state index in [1.54, 1.807) is 13.0 Å². The van der Waals surface area contributed by atoms with Crippen LogP contribution in [0.4, 0.5) is 13.2 Å². The number of aryl methyl sites for hydroxylation is 1. The SMILES string of the molecule is CCNC(=O)c1cc2c(-n3nc(C(F)(F)F)cc3C)c(Br)cnc2[nH]1. The van der Waals surface area contributed by atoms with Gasteiger partial charge < -0.3 is 10.3 Å². The molecular formula is C15H13BrF3N5O. The number of aromatic nitrogens is 4. The van der Waals surface area contributed by atoms with Crippen molar-refractivity contribution in [3.63, 3.8) is 0 Å². The van der Waals surface area contributed by atoms with Gasteiger partial charge in [-0.1, -0.05) is 0 Å². The van der Waals surface area contributed by atoms with E-state index in [0.29, 0.717) is 33.4 Å². The maximum absolute atomic E-state index is 12.9. The van der Waals surface area contributed by atoms with Crippen LogP contribution in [-0.2, 0) is 6.18 Å². The second kappa shape index (κ2) is 6.17. The van der Waals surface area contributed by atoms with Gasteiger partial charge in [-0.15, -0.1) is 0 Å². The molecule has 3 aromatic heterocycles. The van der Waals surface area contributed by atoms with E-state index in [1.165, 1.54) is 17.8 Å². The lowest BCUT2D eigenvalue weighted by molar-refractivity contribution is -0.141. The van der Waals surface area contributed by atoms with Crippen molar-refractivity contribution in [2.75, 3.05) is 6.54 Å². The first-order valence-corrected chi connectivity index (χ1v) is 8.11. The van der Waals surface area contributed by atoms with E-state index in [0.717, 1.165) is 6.07 Å². The fourth-order valence-corrected chi connectivity index (χ4v) is 2.95. The van der Waals surface area contributed by atoms with E-state index in [2.05, 4.69) is 36.3 Å². The summed E-state index contributed by atoms with van der Waals surface area (Å²) < 4.78 is 40.5. The van der Waals surface area contributed by atoms with Gasteiger partial charge in [-0.3, -0.25) is 4.79 Å². The van der Waals surface area contributed by atoms with Gasteiger partial charge in [0.25, 0.3) is 5.91 Å². The number of fused-ring (bicyclic) bond motifs is 1. The Labute approximate surface area is 148 Å². The molecule has 10 heteroatoms. The highest BCUT2D eigenvalue weighted by molar-refractivity contribution is 9.10. The Morgan fingerprint density at radius 1 is 1.40 bits per heavy atom. The molecule has 3 aromatic rings. The minimum atomic E-state index is -4.54. The molecule has 0 aliphatic rings. The van der Waals surface area contributed by atoms with Crippen molar-refractivity contribution in [1.29, 1.82) is 0 Å². The largest absolute Gasteiger partial charge is 0.435 e. The van der Waals surface area contributed by atoms with Crippen LogP contribution in [0.2, 0.25) is 0 Å². The first-order chi connectivity index (χ1) is 11.7. The summed E-state index contributed by atoms with van der Waals surface area (Å²) in [5.41, 5.74) is 0.347. The van der Waals surface area contributed by atoms with Crippen molar-refractivity contribution in [2.24, 2.45) is 0 Å². The number of carbonyl (C=O) groups is 1. The van der Waals surface area contributed by atoms with Gasteiger partial charge in [-0.25, -0.2) is 9.67 Å². The summed E-state index contributed by atoms with van der Waals surface area (Å²) in [6.45, 7) is 3.76. The molecule has 0 aliphatic heterocycles. The number of nitrogens with zero attached hydrogens (tertiary/aromatic N) is 3. The van der Waals surface area contributed by atoms with E-state index in [1.807, 2.05) is 0 Å². The second-order valence-corrected chi connectivity index (χ2v) is 6.19. The van der Waals surface area contributed by atoms with Gasteiger partial charge in [0, 0.05) is 23.8 Å². The molecule has 0 spiro atoms. The van der Waals surface area contributed by atoms with Gasteiger partial charge in [0.15, 0.2) is 5.69 Å². The lowest BCUT2D eigenvalue weighted by Gasteiger charge is -2.08. The fraction of sp³-hybridized carbons (Fsp3) is 0.267. The Kier molecular flexibility index (Phi) is 4.31. The Hall–Kier alpha value is -2.36. The standard InChI is InChI=1S/C15H13BrF3N5O/c1-3-20-14(25)10-5-8-12(9(16)6-21-13(8)22-10)24-7(2)4-11(23-24)15(17,18)19/h4-6H,3H2,1-2H3,(H,20,25)(H,21,22). The molecule has 3 heterocycles. The van der Waals surface area contributed by atoms with Crippen molar-refractivity contribution in [3.05, 3.63) is 39.9 Å². The van der Waals surface area contributed by atoms with Crippen LogP contribution in [0.5, 0.6) is 0 Å². The lowest BCUT2D eigenvalue weighted by atomic mass is 10.2. The number of carbonyl (C=O) groups excluding carboxylic acids is 1. The molecule has 2 N–H and O–H groups in total. The zero-order valence-corrected chi connectivity index (χ0v) is 14.8. The summed E-state index contributed by atoms with van der Waals surface area (Å²) in [4.78, 5) is 19.0. The van der Waals surface area contributed by atoms with Crippen LogP contribution < -0.4 is 5.32 Å². The van der Waals surface area contributed by atoms with Crippen LogP contribution in [0, 0.1) is 6.92 Å². The normalized spacial score (nSPS) is 11.9. The third-order valence-electron chi connectivity index (χ3n) is 3.56. The number of pyridine rings is 1. The molecule has 25 heavy (non-hydrogen) atoms. The van der Waals surface area contributed by atoms with Crippen LogP contribution in [0.25, 0.3) is 16.7 Å². The average Bonchev–Trinajstić information content (AvgIpc) is 3.11. The summed E-state index contributed by atoms with van der Waals surface area (Å²) in [7, 11) is 0. The number of rotatable bonds is 3. The van der Waals surface area contributed by atoms with Gasteiger partial charge in [-0.05, 0) is 41.9 Å². The van der Waals surface area contributed by atoms with E-state index >= 15 is 0 Å². The topological polar surface area (TPSA) is 75.6 Å². The van der Waals surface area contributed by atoms with Crippen molar-refractivity contribution in [3.8, 4) is 5.69 Å². The highest BCUT2D eigenvalue weighted by Gasteiger charge is 2.35. The first kappa shape index (κ1) is 17.5. The van der Waals surface area contributed by atoms with Gasteiger partial charge in [0.05, 0.1) is 10.2 Å². The molecule has 132 valence electrons. The summed E-state index contributed by atoms with van der Waals surface area (Å²) in [5.74, 6) is -0.323. The smallest absolute Gasteiger partial charge is 0.351 e. The first-order valence-electron chi connectivity index (χ1n) is 7.32. The van der Waals surface area contributed by atoms with Gasteiger partial charge >= 0.3 is 6.18 Å². The second-order valence-electron chi connectivity index (χ2n) is 5.34. The Morgan fingerprint density at radius 2 is 2.12 bits per heavy atom. The van der Waals surface area contributed by atoms with Crippen LogP contribution >= 0.6 is 15.9 Å². The maximum Gasteiger partial charge on any atom is 0.435 e. The molecule has 6 nitrogen and oxygen atoms in total. The van der Waals surface area contributed by atoms with Crippen LogP contribution in [-0.4, -0.2) is 32.2 Å². The summed E-state index contributed by atoms with van der Waals surface area (Å²) in [5, 5.41) is 6.81. The Morgan fingerprint density at radius 3 is 2.72 bits per heavy atom. The van der Waals surface area contributed by atoms with Crippen molar-refractivity contribution in [1.82, 2.24) is 25.1 Å². The Balaban J connectivity index is 2.21. The van der Waals surface area contributed by atoms with E-state index < -0.39 is 11.9 Å². The predicted molar refractivity (Wildman–Crippen MR) is 88.7 cm³/mol. The molecule has 0 aromatic carbocycles. The Bertz CT molecular complexity index is 960. The van der Waals surface area contributed by atoms with Gasteiger partial charge in [0.1, 0.15) is 11.3 Å². The van der Waals surface area contributed by atoms with Gasteiger partial charge in [-0.2, -0.15) is 18.3 Å². The number of nitrogens with one attached hydrogen (secondary N) is 2. The average molecular weight is 416 g/mol. The van der Waals surface area contributed by atoms with E-state index in [9.17, 15) is 18.0 Å². The molecule has 0 atom stereocenters.